The van der Waals surface area contributed by atoms with Gasteiger partial charge in [0.25, 0.3) is 0 Å². The van der Waals surface area contributed by atoms with E-state index in [0.29, 0.717) is 43.8 Å². The highest BCUT2D eigenvalue weighted by molar-refractivity contribution is 9.10. The van der Waals surface area contributed by atoms with Gasteiger partial charge < -0.3 is 19.3 Å². The van der Waals surface area contributed by atoms with Crippen LogP contribution in [0, 0.1) is 5.82 Å². The number of carbonyl (C=O) groups is 1. The van der Waals surface area contributed by atoms with Gasteiger partial charge in [0, 0.05) is 38.0 Å². The zero-order valence-electron chi connectivity index (χ0n) is 23.8. The number of carbonyl (C=O) groups excluding carboxylic acids is 1. The monoisotopic (exact) mass is 655 g/mol. The zero-order valence-corrected chi connectivity index (χ0v) is 26.2. The number of rotatable bonds is 4. The molecule has 41 heavy (non-hydrogen) atoms. The molecule has 0 radical (unpaired) electrons. The molecule has 224 valence electrons. The number of nitrogens with zero attached hydrogens (tertiary/aromatic N) is 5. The molecule has 4 fully saturated rings. The molecule has 4 saturated heterocycles. The summed E-state index contributed by atoms with van der Waals surface area (Å²) in [5.74, 6) is -0.0710. The van der Waals surface area contributed by atoms with Gasteiger partial charge in [-0.05, 0) is 87.8 Å². The van der Waals surface area contributed by atoms with E-state index >= 15 is 4.39 Å². The van der Waals surface area contributed by atoms with Gasteiger partial charge in [0.1, 0.15) is 29.7 Å². The van der Waals surface area contributed by atoms with Gasteiger partial charge in [-0.1, -0.05) is 11.6 Å². The van der Waals surface area contributed by atoms with Crippen molar-refractivity contribution in [3.63, 3.8) is 0 Å². The third-order valence-electron chi connectivity index (χ3n) is 9.08. The standard InChI is InChI=1S/C29H37BrClF2N5O3/c1-27(2,3)41-26(39)38-12-6-8-28(38)7-4-10-36(16-28)24-19-13-20(31)21(30)22(33)23(19)34-25(35-24)40-17-29-9-5-11-37(29)15-18(32)14-29/h13,18H,4-12,14-17H2,1-3H3/t18-,28?,29+/m1/s1. The minimum Gasteiger partial charge on any atom is -0.461 e. The molecule has 0 bridgehead atoms. The van der Waals surface area contributed by atoms with Crippen LogP contribution in [-0.2, 0) is 4.74 Å². The fourth-order valence-electron chi connectivity index (χ4n) is 7.35. The smallest absolute Gasteiger partial charge is 0.410 e. The molecule has 6 rings (SSSR count). The molecule has 1 aromatic heterocycles. The summed E-state index contributed by atoms with van der Waals surface area (Å²) in [4.78, 5) is 28.7. The molecule has 0 N–H and O–H groups in total. The van der Waals surface area contributed by atoms with E-state index in [-0.39, 0.29) is 39.3 Å². The largest absolute Gasteiger partial charge is 0.461 e. The number of likely N-dealkylation sites (tertiary alicyclic amines) is 1. The Morgan fingerprint density at radius 2 is 1.90 bits per heavy atom. The summed E-state index contributed by atoms with van der Waals surface area (Å²) in [6.07, 6.45) is 4.45. The van der Waals surface area contributed by atoms with Crippen LogP contribution in [0.5, 0.6) is 6.01 Å². The number of ether oxygens (including phenoxy) is 2. The first-order valence-corrected chi connectivity index (χ1v) is 15.7. The summed E-state index contributed by atoms with van der Waals surface area (Å²) < 4.78 is 42.0. The van der Waals surface area contributed by atoms with Crippen molar-refractivity contribution in [2.24, 2.45) is 0 Å². The van der Waals surface area contributed by atoms with Gasteiger partial charge in [-0.3, -0.25) is 4.90 Å². The lowest BCUT2D eigenvalue weighted by Gasteiger charge is -2.46. The summed E-state index contributed by atoms with van der Waals surface area (Å²) >= 11 is 9.66. The van der Waals surface area contributed by atoms with Gasteiger partial charge >= 0.3 is 12.1 Å². The van der Waals surface area contributed by atoms with Gasteiger partial charge in [0.15, 0.2) is 5.82 Å². The summed E-state index contributed by atoms with van der Waals surface area (Å²) in [6.45, 7) is 8.93. The maximum Gasteiger partial charge on any atom is 0.410 e. The molecule has 0 saturated carbocycles. The van der Waals surface area contributed by atoms with Crippen LogP contribution >= 0.6 is 27.5 Å². The molecule has 1 unspecified atom stereocenters. The number of halogens is 4. The Morgan fingerprint density at radius 3 is 2.66 bits per heavy atom. The van der Waals surface area contributed by atoms with Gasteiger partial charge in [0.05, 0.1) is 20.6 Å². The first-order valence-electron chi connectivity index (χ1n) is 14.5. The summed E-state index contributed by atoms with van der Waals surface area (Å²) in [6, 6.07) is 1.73. The van der Waals surface area contributed by atoms with Crippen LogP contribution in [0.2, 0.25) is 5.02 Å². The molecular weight excluding hydrogens is 620 g/mol. The van der Waals surface area contributed by atoms with Crippen molar-refractivity contribution in [3.8, 4) is 6.01 Å². The highest BCUT2D eigenvalue weighted by Crippen LogP contribution is 2.43. The van der Waals surface area contributed by atoms with Crippen molar-refractivity contribution in [1.82, 2.24) is 19.8 Å². The van der Waals surface area contributed by atoms with Crippen LogP contribution in [0.15, 0.2) is 10.5 Å². The average molecular weight is 657 g/mol. The lowest BCUT2D eigenvalue weighted by atomic mass is 9.86. The van der Waals surface area contributed by atoms with E-state index in [0.717, 1.165) is 45.1 Å². The van der Waals surface area contributed by atoms with E-state index < -0.39 is 23.1 Å². The Bertz CT molecular complexity index is 1360. The second-order valence-electron chi connectivity index (χ2n) is 13.1. The molecule has 1 amide bonds. The topological polar surface area (TPSA) is 71.0 Å². The van der Waals surface area contributed by atoms with Crippen LogP contribution < -0.4 is 9.64 Å². The van der Waals surface area contributed by atoms with Crippen molar-refractivity contribution < 1.29 is 23.0 Å². The maximum absolute atomic E-state index is 15.6. The fraction of sp³-hybridized carbons (Fsp3) is 0.690. The molecule has 2 aromatic rings. The Labute approximate surface area is 252 Å². The number of benzene rings is 1. The highest BCUT2D eigenvalue weighted by Gasteiger charge is 2.50. The van der Waals surface area contributed by atoms with Gasteiger partial charge in [-0.15, -0.1) is 0 Å². The molecule has 12 heteroatoms. The fourth-order valence-corrected chi connectivity index (χ4v) is 7.84. The molecular formula is C29H37BrClF2N5O3. The molecule has 1 aromatic carbocycles. The van der Waals surface area contributed by atoms with E-state index in [1.807, 2.05) is 25.7 Å². The number of fused-ring (bicyclic) bond motifs is 2. The minimum atomic E-state index is -0.883. The number of piperidine rings is 1. The minimum absolute atomic E-state index is 0.0548. The number of aromatic nitrogens is 2. The van der Waals surface area contributed by atoms with Gasteiger partial charge in [-0.2, -0.15) is 9.97 Å². The molecule has 1 spiro atoms. The van der Waals surface area contributed by atoms with Crippen LogP contribution in [0.3, 0.4) is 0 Å². The van der Waals surface area contributed by atoms with E-state index in [1.54, 1.807) is 6.07 Å². The number of alkyl halides is 1. The second kappa shape index (κ2) is 10.6. The number of hydrogen-bond acceptors (Lipinski definition) is 7. The summed E-state index contributed by atoms with van der Waals surface area (Å²) in [7, 11) is 0. The second-order valence-corrected chi connectivity index (χ2v) is 14.3. The quantitative estimate of drug-likeness (QED) is 0.348. The van der Waals surface area contributed by atoms with E-state index in [9.17, 15) is 9.18 Å². The Balaban J connectivity index is 1.35. The van der Waals surface area contributed by atoms with Crippen LogP contribution in [0.4, 0.5) is 19.4 Å². The third-order valence-corrected chi connectivity index (χ3v) is 10.4. The van der Waals surface area contributed by atoms with E-state index in [1.165, 1.54) is 0 Å². The van der Waals surface area contributed by atoms with Crippen LogP contribution in [0.25, 0.3) is 10.9 Å². The van der Waals surface area contributed by atoms with Crippen molar-refractivity contribution in [1.29, 1.82) is 0 Å². The molecule has 5 heterocycles. The lowest BCUT2D eigenvalue weighted by molar-refractivity contribution is 0.00518. The predicted octanol–water partition coefficient (Wildman–Crippen LogP) is 6.51. The Kier molecular flexibility index (Phi) is 7.55. The van der Waals surface area contributed by atoms with Crippen LogP contribution in [0.1, 0.15) is 65.7 Å². The maximum atomic E-state index is 15.6. The summed E-state index contributed by atoms with van der Waals surface area (Å²) in [5.41, 5.74) is -1.29. The highest BCUT2D eigenvalue weighted by atomic mass is 79.9. The average Bonchev–Trinajstić information content (AvgIpc) is 3.57. The van der Waals surface area contributed by atoms with Gasteiger partial charge in [0.2, 0.25) is 0 Å². The molecule has 3 atom stereocenters. The number of hydrogen-bond donors (Lipinski definition) is 0. The normalized spacial score (nSPS) is 28.6. The molecule has 4 aliphatic rings. The molecule has 0 aliphatic carbocycles. The van der Waals surface area contributed by atoms with Crippen LogP contribution in [-0.4, -0.2) is 88.0 Å². The first kappa shape index (κ1) is 29.1. The third kappa shape index (κ3) is 5.35. The predicted molar refractivity (Wildman–Crippen MR) is 157 cm³/mol. The van der Waals surface area contributed by atoms with E-state index in [4.69, 9.17) is 26.1 Å². The Hall–Kier alpha value is -1.98. The number of amides is 1. The Morgan fingerprint density at radius 1 is 1.17 bits per heavy atom. The first-order chi connectivity index (χ1) is 19.4. The van der Waals surface area contributed by atoms with Crippen molar-refractivity contribution in [2.75, 3.05) is 44.2 Å². The van der Waals surface area contributed by atoms with Gasteiger partial charge in [-0.25, -0.2) is 13.6 Å². The van der Waals surface area contributed by atoms with Crippen molar-refractivity contribution >= 4 is 50.3 Å². The number of anilines is 1. The molecule has 8 nitrogen and oxygen atoms in total. The SMILES string of the molecule is CC(C)(C)OC(=O)N1CCCC12CCCN(c1nc(OC[C@@]34CCCN3C[C@H](F)C4)nc3c(F)c(Br)c(Cl)cc13)C2. The lowest BCUT2D eigenvalue weighted by Crippen LogP contribution is -2.58. The van der Waals surface area contributed by atoms with Crippen molar-refractivity contribution in [2.45, 2.75) is 88.6 Å². The van der Waals surface area contributed by atoms with E-state index in [2.05, 4.69) is 30.7 Å². The zero-order chi connectivity index (χ0) is 29.2. The van der Waals surface area contributed by atoms with Crippen molar-refractivity contribution in [3.05, 3.63) is 21.4 Å². The molecule has 4 aliphatic heterocycles. The summed E-state index contributed by atoms with van der Waals surface area (Å²) in [5, 5.41) is 0.698.